The summed E-state index contributed by atoms with van der Waals surface area (Å²) in [7, 11) is 0. The predicted octanol–water partition coefficient (Wildman–Crippen LogP) is 4.32. The summed E-state index contributed by atoms with van der Waals surface area (Å²) in [5.74, 6) is 0. The lowest BCUT2D eigenvalue weighted by molar-refractivity contribution is 0.995. The van der Waals surface area contributed by atoms with Crippen molar-refractivity contribution in [2.45, 2.75) is 28.8 Å². The van der Waals surface area contributed by atoms with Crippen LogP contribution in [0.15, 0.2) is 0 Å². The van der Waals surface area contributed by atoms with Gasteiger partial charge in [0.05, 0.1) is 3.74 Å². The molecule has 0 heterocycles. The van der Waals surface area contributed by atoms with Crippen molar-refractivity contribution in [2.24, 2.45) is 0 Å². The maximum Gasteiger partial charge on any atom is 0.112 e. The van der Waals surface area contributed by atoms with Gasteiger partial charge in [0.15, 0.2) is 0 Å². The number of hydrogen-bond acceptors (Lipinski definition) is 0. The first kappa shape index (κ1) is 13.2. The zero-order valence-electron chi connectivity index (χ0n) is 5.59. The Morgan fingerprint density at radius 2 is 1.22 bits per heavy atom. The molecule has 0 aromatic carbocycles. The molecule has 0 radical (unpaired) electrons. The third-order valence-electron chi connectivity index (χ3n) is 0. The highest BCUT2D eigenvalue weighted by Gasteiger charge is 2.03. The molecule has 0 bridgehead atoms. The van der Waals surface area contributed by atoms with Crippen molar-refractivity contribution in [3.8, 4) is 0 Å². The Labute approximate surface area is 83.5 Å². The molecule has 0 nitrogen and oxygen atoms in total. The van der Waals surface area contributed by atoms with Crippen LogP contribution in [0.2, 0.25) is 0 Å². The molecule has 4 heteroatoms. The van der Waals surface area contributed by atoms with E-state index in [1.165, 1.54) is 0 Å². The highest BCUT2D eigenvalue weighted by atomic mass is 79.9. The van der Waals surface area contributed by atoms with Crippen LogP contribution in [-0.4, -0.2) is 8.07 Å². The van der Waals surface area contributed by atoms with Crippen LogP contribution in [0.3, 0.4) is 0 Å². The Morgan fingerprint density at radius 1 is 1.22 bits per heavy atom. The van der Waals surface area contributed by atoms with Crippen LogP contribution in [0.1, 0.15) is 20.8 Å². The van der Waals surface area contributed by atoms with Gasteiger partial charge >= 0.3 is 0 Å². The topological polar surface area (TPSA) is 0 Å². The van der Waals surface area contributed by atoms with Crippen molar-refractivity contribution in [1.29, 1.82) is 0 Å². The van der Waals surface area contributed by atoms with Gasteiger partial charge in [0.1, 0.15) is 4.33 Å². The molecule has 0 amide bonds. The SMILES string of the molecule is CC(Br)Br.CC(C)(Cl)Cl. The van der Waals surface area contributed by atoms with E-state index in [0.717, 1.165) is 0 Å². The molecule has 0 aliphatic heterocycles. The Hall–Kier alpha value is 1.54. The van der Waals surface area contributed by atoms with Crippen molar-refractivity contribution in [3.63, 3.8) is 0 Å². The minimum Gasteiger partial charge on any atom is -0.102 e. The van der Waals surface area contributed by atoms with Crippen molar-refractivity contribution in [1.82, 2.24) is 0 Å². The smallest absolute Gasteiger partial charge is 0.102 e. The summed E-state index contributed by atoms with van der Waals surface area (Å²) in [6, 6.07) is 0. The highest BCUT2D eigenvalue weighted by molar-refractivity contribution is 9.24. The summed E-state index contributed by atoms with van der Waals surface area (Å²) in [4.78, 5) is 0. The molecular weight excluding hydrogens is 291 g/mol. The van der Waals surface area contributed by atoms with E-state index in [2.05, 4.69) is 31.9 Å². The summed E-state index contributed by atoms with van der Waals surface area (Å²) in [6.07, 6.45) is 0. The number of halogens is 4. The number of alkyl halides is 4. The summed E-state index contributed by atoms with van der Waals surface area (Å²) >= 11 is 17.0. The second kappa shape index (κ2) is 6.26. The monoisotopic (exact) mass is 298 g/mol. The van der Waals surface area contributed by atoms with Crippen molar-refractivity contribution in [3.05, 3.63) is 0 Å². The van der Waals surface area contributed by atoms with Crippen LogP contribution >= 0.6 is 55.1 Å². The third-order valence-corrected chi connectivity index (χ3v) is 0. The molecule has 0 aromatic heterocycles. The van der Waals surface area contributed by atoms with E-state index in [1.807, 2.05) is 6.92 Å². The van der Waals surface area contributed by atoms with E-state index >= 15 is 0 Å². The second-order valence-electron chi connectivity index (χ2n) is 1.85. The Balaban J connectivity index is 0. The number of rotatable bonds is 0. The van der Waals surface area contributed by atoms with Gasteiger partial charge in [0, 0.05) is 0 Å². The lowest BCUT2D eigenvalue weighted by Crippen LogP contribution is -1.93. The van der Waals surface area contributed by atoms with Gasteiger partial charge in [0.2, 0.25) is 0 Å². The normalized spacial score (nSPS) is 10.7. The van der Waals surface area contributed by atoms with E-state index in [0.29, 0.717) is 3.74 Å². The van der Waals surface area contributed by atoms with Crippen LogP contribution in [0.5, 0.6) is 0 Å². The molecule has 9 heavy (non-hydrogen) atoms. The van der Waals surface area contributed by atoms with Gasteiger partial charge in [-0.15, -0.1) is 23.2 Å². The van der Waals surface area contributed by atoms with Crippen molar-refractivity contribution < 1.29 is 0 Å². The summed E-state index contributed by atoms with van der Waals surface area (Å²) in [5, 5.41) is 0. The average molecular weight is 301 g/mol. The van der Waals surface area contributed by atoms with Crippen LogP contribution in [0.25, 0.3) is 0 Å². The van der Waals surface area contributed by atoms with Gasteiger partial charge in [-0.1, -0.05) is 31.9 Å². The molecule has 0 rings (SSSR count). The van der Waals surface area contributed by atoms with Crippen LogP contribution in [-0.2, 0) is 0 Å². The van der Waals surface area contributed by atoms with Gasteiger partial charge < -0.3 is 0 Å². The van der Waals surface area contributed by atoms with Gasteiger partial charge in [0.25, 0.3) is 0 Å². The summed E-state index contributed by atoms with van der Waals surface area (Å²) in [5.41, 5.74) is 0. The fourth-order valence-electron chi connectivity index (χ4n) is 0. The molecule has 0 aromatic rings. The lowest BCUT2D eigenvalue weighted by Gasteiger charge is -1.98. The molecule has 58 valence electrons. The molecule has 0 fully saturated rings. The number of hydrogen-bond donors (Lipinski definition) is 0. The maximum absolute atomic E-state index is 5.30. The average Bonchev–Trinajstić information content (AvgIpc) is 1.19. The Kier molecular flexibility index (Phi) is 9.15. The second-order valence-corrected chi connectivity index (χ2v) is 7.91. The van der Waals surface area contributed by atoms with Crippen LogP contribution in [0, 0.1) is 0 Å². The van der Waals surface area contributed by atoms with Gasteiger partial charge in [-0.25, -0.2) is 0 Å². The largest absolute Gasteiger partial charge is 0.112 e. The highest BCUT2D eigenvalue weighted by Crippen LogP contribution is 2.16. The molecule has 0 aliphatic carbocycles. The summed E-state index contributed by atoms with van der Waals surface area (Å²) in [6.45, 7) is 5.44. The molecule has 0 saturated heterocycles. The first-order valence-electron chi connectivity index (χ1n) is 2.39. The Bertz CT molecular complexity index is 49.7. The van der Waals surface area contributed by atoms with Gasteiger partial charge in [-0.05, 0) is 20.8 Å². The fourth-order valence-corrected chi connectivity index (χ4v) is 0. The first-order valence-corrected chi connectivity index (χ1v) is 4.98. The van der Waals surface area contributed by atoms with E-state index in [9.17, 15) is 0 Å². The molecular formula is C5H10Br2Cl2. The fraction of sp³-hybridized carbons (Fsp3) is 1.00. The maximum atomic E-state index is 5.30. The molecule has 0 aliphatic rings. The van der Waals surface area contributed by atoms with E-state index in [1.54, 1.807) is 13.8 Å². The quantitative estimate of drug-likeness (QED) is 0.584. The molecule has 0 N–H and O–H groups in total. The molecule has 0 atom stereocenters. The zero-order chi connectivity index (χ0) is 8.08. The van der Waals surface area contributed by atoms with Crippen LogP contribution in [0.4, 0.5) is 0 Å². The molecule has 0 spiro atoms. The Morgan fingerprint density at radius 3 is 1.22 bits per heavy atom. The van der Waals surface area contributed by atoms with Gasteiger partial charge in [-0.2, -0.15) is 0 Å². The van der Waals surface area contributed by atoms with Gasteiger partial charge in [-0.3, -0.25) is 0 Å². The lowest BCUT2D eigenvalue weighted by atomic mass is 10.6. The third kappa shape index (κ3) is 229. The van der Waals surface area contributed by atoms with Crippen molar-refractivity contribution in [2.75, 3.05) is 0 Å². The van der Waals surface area contributed by atoms with Crippen molar-refractivity contribution >= 4 is 55.1 Å². The first-order chi connectivity index (χ1) is 3.73. The van der Waals surface area contributed by atoms with E-state index < -0.39 is 4.33 Å². The van der Waals surface area contributed by atoms with E-state index in [-0.39, 0.29) is 0 Å². The molecule has 0 unspecified atom stereocenters. The minimum absolute atomic E-state index is 0.458. The van der Waals surface area contributed by atoms with E-state index in [4.69, 9.17) is 23.2 Å². The van der Waals surface area contributed by atoms with Crippen LogP contribution < -0.4 is 0 Å². The zero-order valence-corrected chi connectivity index (χ0v) is 10.3. The standard InChI is InChI=1S/C3H6Cl2.C2H4Br2/c1-3(2,4)5;1-2(3)4/h1-2H3;2H,1H3. The molecule has 0 saturated carbocycles. The minimum atomic E-state index is -0.556. The summed E-state index contributed by atoms with van der Waals surface area (Å²) < 4.78 is -0.0972. The predicted molar refractivity (Wildman–Crippen MR) is 53.1 cm³/mol.